The highest BCUT2D eigenvalue weighted by atomic mass is 15.3. The van der Waals surface area contributed by atoms with E-state index in [4.69, 9.17) is 17.9 Å². The summed E-state index contributed by atoms with van der Waals surface area (Å²) in [7, 11) is 6.33. The van der Waals surface area contributed by atoms with Crippen LogP contribution >= 0.6 is 0 Å². The number of H-pyrrole nitrogens is 1. The van der Waals surface area contributed by atoms with Crippen molar-refractivity contribution < 1.29 is 0 Å². The molecular weight excluding hydrogens is 409 g/mol. The second kappa shape index (κ2) is 9.38. The molecule has 33 heavy (non-hydrogen) atoms. The Balaban J connectivity index is 1.39. The molecule has 0 fully saturated rings. The summed E-state index contributed by atoms with van der Waals surface area (Å²) in [6.45, 7) is 3.27. The summed E-state index contributed by atoms with van der Waals surface area (Å²) >= 11 is 0. The van der Waals surface area contributed by atoms with E-state index in [0.717, 1.165) is 59.2 Å². The van der Waals surface area contributed by atoms with Gasteiger partial charge in [-0.2, -0.15) is 5.10 Å². The number of aromatic amines is 1. The average Bonchev–Trinajstić information content (AvgIpc) is 3.46. The fourth-order valence-electron chi connectivity index (χ4n) is 3.93. The number of pyridine rings is 2. The van der Waals surface area contributed by atoms with Gasteiger partial charge in [-0.3, -0.25) is 4.98 Å². The topological polar surface area (TPSA) is 75.0 Å². The van der Waals surface area contributed by atoms with E-state index >= 15 is 0 Å². The lowest BCUT2D eigenvalue weighted by molar-refractivity contribution is 0.428. The molecule has 1 aromatic carbocycles. The third-order valence-electron chi connectivity index (χ3n) is 5.55. The molecule has 7 nitrogen and oxygen atoms in total. The predicted octanol–water partition coefficient (Wildman–Crippen LogP) is 4.01. The normalized spacial score (nSPS) is 11.5. The Labute approximate surface area is 194 Å². The van der Waals surface area contributed by atoms with E-state index in [1.54, 1.807) is 15.7 Å². The maximum absolute atomic E-state index is 6.33. The lowest BCUT2D eigenvalue weighted by atomic mass is 10.1. The second-order valence-corrected chi connectivity index (χ2v) is 8.11. The van der Waals surface area contributed by atoms with E-state index in [1.807, 2.05) is 49.5 Å². The van der Waals surface area contributed by atoms with E-state index in [1.165, 1.54) is 5.56 Å². The van der Waals surface area contributed by atoms with E-state index in [9.17, 15) is 0 Å². The highest BCUT2D eigenvalue weighted by molar-refractivity contribution is 6.04. The SMILES string of the molecule is [B]N(CCCc1ccccc1)Cc1nc(-c2ccc3ncnn3c2)c(-c2cccc(C)n2)[nH]1. The van der Waals surface area contributed by atoms with Gasteiger partial charge in [0.15, 0.2) is 13.6 Å². The van der Waals surface area contributed by atoms with Crippen molar-refractivity contribution in [3.05, 3.63) is 90.3 Å². The molecule has 0 aliphatic heterocycles. The number of nitrogens with zero attached hydrogens (tertiary/aromatic N) is 6. The Morgan fingerprint density at radius 3 is 2.73 bits per heavy atom. The number of fused-ring (bicyclic) bond motifs is 1. The van der Waals surface area contributed by atoms with Crippen LogP contribution in [-0.4, -0.2) is 48.9 Å². The molecule has 0 spiro atoms. The van der Waals surface area contributed by atoms with Gasteiger partial charge < -0.3 is 9.79 Å². The third-order valence-corrected chi connectivity index (χ3v) is 5.55. The molecule has 0 saturated heterocycles. The Hall–Kier alpha value is -3.78. The van der Waals surface area contributed by atoms with Crippen molar-refractivity contribution in [1.82, 2.24) is 34.4 Å². The van der Waals surface area contributed by atoms with Crippen molar-refractivity contribution in [2.75, 3.05) is 6.54 Å². The number of aromatic nitrogens is 6. The lowest BCUT2D eigenvalue weighted by Crippen LogP contribution is -2.22. The van der Waals surface area contributed by atoms with Crippen LogP contribution in [0.1, 0.15) is 23.5 Å². The zero-order chi connectivity index (χ0) is 22.6. The maximum Gasteiger partial charge on any atom is 0.183 e. The molecule has 0 amide bonds. The highest BCUT2D eigenvalue weighted by Gasteiger charge is 2.17. The molecule has 4 aromatic heterocycles. The van der Waals surface area contributed by atoms with Crippen molar-refractivity contribution in [1.29, 1.82) is 0 Å². The minimum atomic E-state index is 0.513. The van der Waals surface area contributed by atoms with Gasteiger partial charge in [0.05, 0.1) is 17.1 Å². The number of imidazole rings is 1. The largest absolute Gasteiger partial charge is 0.347 e. The molecule has 0 aliphatic carbocycles. The van der Waals surface area contributed by atoms with Crippen LogP contribution < -0.4 is 0 Å². The molecule has 0 aliphatic rings. The molecular formula is C25H24BN7. The predicted molar refractivity (Wildman–Crippen MR) is 129 cm³/mol. The Bertz CT molecular complexity index is 1360. The minimum Gasteiger partial charge on any atom is -0.347 e. The number of hydrogen-bond donors (Lipinski definition) is 1. The molecule has 5 rings (SSSR count). The van der Waals surface area contributed by atoms with Gasteiger partial charge in [0.2, 0.25) is 0 Å². The van der Waals surface area contributed by atoms with Crippen molar-refractivity contribution in [2.45, 2.75) is 26.3 Å². The van der Waals surface area contributed by atoms with Gasteiger partial charge in [0.1, 0.15) is 12.2 Å². The number of hydrogen-bond acceptors (Lipinski definition) is 5. The molecule has 5 aromatic rings. The van der Waals surface area contributed by atoms with Gasteiger partial charge in [-0.05, 0) is 56.1 Å². The van der Waals surface area contributed by atoms with Gasteiger partial charge >= 0.3 is 0 Å². The number of aryl methyl sites for hydroxylation is 2. The van der Waals surface area contributed by atoms with Crippen LogP contribution in [0.3, 0.4) is 0 Å². The van der Waals surface area contributed by atoms with Crippen LogP contribution in [0.25, 0.3) is 28.3 Å². The first-order chi connectivity index (χ1) is 16.2. The van der Waals surface area contributed by atoms with Crippen molar-refractivity contribution in [3.8, 4) is 22.6 Å². The highest BCUT2D eigenvalue weighted by Crippen LogP contribution is 2.29. The van der Waals surface area contributed by atoms with Crippen LogP contribution in [0.2, 0.25) is 0 Å². The molecule has 0 atom stereocenters. The maximum atomic E-state index is 6.33. The molecule has 0 bridgehead atoms. The van der Waals surface area contributed by atoms with E-state index in [0.29, 0.717) is 6.54 Å². The average molecular weight is 433 g/mol. The molecule has 2 radical (unpaired) electrons. The molecule has 0 saturated carbocycles. The molecule has 8 heteroatoms. The summed E-state index contributed by atoms with van der Waals surface area (Å²) in [4.78, 5) is 19.1. The number of nitrogens with one attached hydrogen (secondary N) is 1. The van der Waals surface area contributed by atoms with Crippen molar-refractivity contribution >= 4 is 13.6 Å². The zero-order valence-corrected chi connectivity index (χ0v) is 18.5. The summed E-state index contributed by atoms with van der Waals surface area (Å²) < 4.78 is 1.75. The van der Waals surface area contributed by atoms with E-state index in [-0.39, 0.29) is 0 Å². The fourth-order valence-corrected chi connectivity index (χ4v) is 3.93. The fraction of sp³-hybridized carbons (Fsp3) is 0.200. The smallest absolute Gasteiger partial charge is 0.183 e. The summed E-state index contributed by atoms with van der Waals surface area (Å²) in [6, 6.07) is 20.4. The lowest BCUT2D eigenvalue weighted by Gasteiger charge is -2.15. The summed E-state index contributed by atoms with van der Waals surface area (Å²) in [5.74, 6) is 0.796. The summed E-state index contributed by atoms with van der Waals surface area (Å²) in [6.07, 6.45) is 5.44. The van der Waals surface area contributed by atoms with Crippen molar-refractivity contribution in [2.24, 2.45) is 0 Å². The first-order valence-electron chi connectivity index (χ1n) is 11.0. The van der Waals surface area contributed by atoms with Gasteiger partial charge in [-0.25, -0.2) is 14.5 Å². The van der Waals surface area contributed by atoms with Gasteiger partial charge in [-0.15, -0.1) is 0 Å². The van der Waals surface area contributed by atoms with Gasteiger partial charge in [0.25, 0.3) is 0 Å². The van der Waals surface area contributed by atoms with Gasteiger partial charge in [0, 0.05) is 24.0 Å². The molecule has 4 heterocycles. The first kappa shape index (κ1) is 21.1. The Morgan fingerprint density at radius 2 is 1.88 bits per heavy atom. The Kier molecular flexibility index (Phi) is 6.00. The van der Waals surface area contributed by atoms with E-state index in [2.05, 4.69) is 39.3 Å². The molecule has 162 valence electrons. The molecule has 1 N–H and O–H groups in total. The van der Waals surface area contributed by atoms with Crippen LogP contribution in [0.4, 0.5) is 0 Å². The Morgan fingerprint density at radius 1 is 1.00 bits per heavy atom. The van der Waals surface area contributed by atoms with Gasteiger partial charge in [-0.1, -0.05) is 36.4 Å². The monoisotopic (exact) mass is 433 g/mol. The van der Waals surface area contributed by atoms with Crippen molar-refractivity contribution in [3.63, 3.8) is 0 Å². The molecule has 0 unspecified atom stereocenters. The van der Waals surface area contributed by atoms with Crippen LogP contribution in [0.5, 0.6) is 0 Å². The summed E-state index contributed by atoms with van der Waals surface area (Å²) in [5.41, 5.74) is 6.52. The first-order valence-corrected chi connectivity index (χ1v) is 11.0. The minimum absolute atomic E-state index is 0.513. The zero-order valence-electron chi connectivity index (χ0n) is 18.5. The number of rotatable bonds is 8. The third kappa shape index (κ3) is 4.86. The quantitative estimate of drug-likeness (QED) is 0.375. The summed E-state index contributed by atoms with van der Waals surface area (Å²) in [5, 5.41) is 4.26. The van der Waals surface area contributed by atoms with Crippen LogP contribution in [-0.2, 0) is 13.0 Å². The van der Waals surface area contributed by atoms with Crippen LogP contribution in [0.15, 0.2) is 73.2 Å². The second-order valence-electron chi connectivity index (χ2n) is 8.11. The van der Waals surface area contributed by atoms with Crippen LogP contribution in [0, 0.1) is 6.92 Å². The standard InChI is InChI=1S/C25H24BN7/c1-18-7-5-11-21(29-18)25-24(20-12-13-23-27-17-28-33(23)15-20)30-22(31-25)16-32(26)14-6-10-19-8-3-2-4-9-19/h2-5,7-9,11-13,15,17H,6,10,14,16H2,1H3,(H,30,31). The number of benzene rings is 1. The van der Waals surface area contributed by atoms with E-state index < -0.39 is 0 Å².